The molecular weight excluding hydrogens is 445 g/mol. The average molecular weight is 462 g/mol. The highest BCUT2D eigenvalue weighted by Crippen LogP contribution is 2.29. The maximum Gasteiger partial charge on any atom is 0.245 e. The van der Waals surface area contributed by atoms with Crippen molar-refractivity contribution in [1.82, 2.24) is 15.2 Å². The van der Waals surface area contributed by atoms with Crippen molar-refractivity contribution in [2.75, 3.05) is 18.0 Å². The molecule has 2 aromatic rings. The van der Waals surface area contributed by atoms with Gasteiger partial charge in [0.1, 0.15) is 0 Å². The Labute approximate surface area is 146 Å². The SMILES string of the molecule is CC1CCN(c2n[nH]c(-c3cc(I)ccc3Br)n2)CC1N. The van der Waals surface area contributed by atoms with Crippen LogP contribution in [0.3, 0.4) is 0 Å². The van der Waals surface area contributed by atoms with Crippen LogP contribution in [-0.2, 0) is 0 Å². The number of nitrogens with two attached hydrogens (primary N) is 1. The van der Waals surface area contributed by atoms with Crippen LogP contribution in [0.1, 0.15) is 13.3 Å². The first-order valence-electron chi connectivity index (χ1n) is 6.93. The molecule has 0 saturated carbocycles. The van der Waals surface area contributed by atoms with E-state index in [4.69, 9.17) is 5.73 Å². The summed E-state index contributed by atoms with van der Waals surface area (Å²) in [5.74, 6) is 2.07. The summed E-state index contributed by atoms with van der Waals surface area (Å²) < 4.78 is 2.17. The van der Waals surface area contributed by atoms with E-state index in [9.17, 15) is 0 Å². The first kappa shape index (κ1) is 15.2. The van der Waals surface area contributed by atoms with E-state index in [0.29, 0.717) is 5.92 Å². The van der Waals surface area contributed by atoms with Crippen LogP contribution in [0.2, 0.25) is 0 Å². The molecule has 3 rings (SSSR count). The molecule has 2 atom stereocenters. The molecule has 1 aliphatic heterocycles. The summed E-state index contributed by atoms with van der Waals surface area (Å²) in [6.45, 7) is 3.97. The molecule has 1 aromatic heterocycles. The molecule has 0 spiro atoms. The van der Waals surface area contributed by atoms with E-state index >= 15 is 0 Å². The van der Waals surface area contributed by atoms with Crippen molar-refractivity contribution in [3.8, 4) is 11.4 Å². The number of anilines is 1. The van der Waals surface area contributed by atoms with Gasteiger partial charge >= 0.3 is 0 Å². The number of nitrogens with zero attached hydrogens (tertiary/aromatic N) is 3. The molecule has 0 bridgehead atoms. The van der Waals surface area contributed by atoms with E-state index < -0.39 is 0 Å². The third-order valence-corrected chi connectivity index (χ3v) is 5.32. The van der Waals surface area contributed by atoms with Gasteiger partial charge < -0.3 is 10.6 Å². The normalized spacial score (nSPS) is 22.6. The molecule has 21 heavy (non-hydrogen) atoms. The van der Waals surface area contributed by atoms with E-state index in [1.165, 1.54) is 0 Å². The van der Waals surface area contributed by atoms with E-state index in [-0.39, 0.29) is 6.04 Å². The minimum absolute atomic E-state index is 0.185. The van der Waals surface area contributed by atoms with Crippen LogP contribution in [0.15, 0.2) is 22.7 Å². The predicted octanol–water partition coefficient (Wildman–Crippen LogP) is 3.01. The smallest absolute Gasteiger partial charge is 0.245 e. The van der Waals surface area contributed by atoms with Gasteiger partial charge in [-0.1, -0.05) is 22.9 Å². The summed E-state index contributed by atoms with van der Waals surface area (Å²) in [5, 5.41) is 7.39. The van der Waals surface area contributed by atoms with Crippen LogP contribution >= 0.6 is 38.5 Å². The van der Waals surface area contributed by atoms with E-state index in [1.807, 2.05) is 6.07 Å². The summed E-state index contributed by atoms with van der Waals surface area (Å²) in [7, 11) is 0. The number of rotatable bonds is 2. The first-order chi connectivity index (χ1) is 10.0. The van der Waals surface area contributed by atoms with Gasteiger partial charge in [-0.15, -0.1) is 5.10 Å². The van der Waals surface area contributed by atoms with Crippen LogP contribution in [0.5, 0.6) is 0 Å². The summed E-state index contributed by atoms with van der Waals surface area (Å²) in [6, 6.07) is 6.35. The Balaban J connectivity index is 1.85. The number of piperidine rings is 1. The Hall–Kier alpha value is -0.670. The van der Waals surface area contributed by atoms with Gasteiger partial charge in [-0.2, -0.15) is 4.98 Å². The fraction of sp³-hybridized carbons (Fsp3) is 0.429. The maximum absolute atomic E-state index is 6.15. The molecule has 2 heterocycles. The Kier molecular flexibility index (Phi) is 4.51. The standard InChI is InChI=1S/C14H17BrIN5/c1-8-4-5-21(7-12(8)17)14-18-13(19-20-14)10-6-9(16)2-3-11(10)15/h2-3,6,8,12H,4-5,7,17H2,1H3,(H,18,19,20). The third-order valence-electron chi connectivity index (χ3n) is 3.96. The van der Waals surface area contributed by atoms with E-state index in [1.54, 1.807) is 0 Å². The van der Waals surface area contributed by atoms with Crippen LogP contribution in [0.4, 0.5) is 5.95 Å². The van der Waals surface area contributed by atoms with Gasteiger partial charge in [-0.3, -0.25) is 5.10 Å². The highest BCUT2D eigenvalue weighted by atomic mass is 127. The van der Waals surface area contributed by atoms with Gasteiger partial charge in [0.05, 0.1) is 0 Å². The van der Waals surface area contributed by atoms with Gasteiger partial charge in [-0.25, -0.2) is 0 Å². The van der Waals surface area contributed by atoms with Crippen molar-refractivity contribution in [3.63, 3.8) is 0 Å². The number of hydrogen-bond acceptors (Lipinski definition) is 4. The lowest BCUT2D eigenvalue weighted by Gasteiger charge is -2.34. The number of H-pyrrole nitrogens is 1. The van der Waals surface area contributed by atoms with Gasteiger partial charge in [0.25, 0.3) is 0 Å². The predicted molar refractivity (Wildman–Crippen MR) is 96.2 cm³/mol. The molecule has 112 valence electrons. The zero-order chi connectivity index (χ0) is 15.0. The Morgan fingerprint density at radius 1 is 1.48 bits per heavy atom. The van der Waals surface area contributed by atoms with Gasteiger partial charge in [0, 0.05) is 32.7 Å². The van der Waals surface area contributed by atoms with Crippen molar-refractivity contribution in [2.24, 2.45) is 11.7 Å². The van der Waals surface area contributed by atoms with Gasteiger partial charge in [-0.05, 0) is 53.1 Å². The first-order valence-corrected chi connectivity index (χ1v) is 8.80. The molecule has 0 radical (unpaired) electrons. The lowest BCUT2D eigenvalue weighted by Crippen LogP contribution is -2.48. The molecule has 2 unspecified atom stereocenters. The molecule has 1 aromatic carbocycles. The van der Waals surface area contributed by atoms with Crippen LogP contribution in [-0.4, -0.2) is 34.3 Å². The molecule has 1 aliphatic rings. The highest BCUT2D eigenvalue weighted by Gasteiger charge is 2.25. The Morgan fingerprint density at radius 3 is 3.05 bits per heavy atom. The Bertz CT molecular complexity index is 644. The van der Waals surface area contributed by atoms with Gasteiger partial charge in [0.15, 0.2) is 5.82 Å². The number of hydrogen-bond donors (Lipinski definition) is 2. The molecule has 1 fully saturated rings. The van der Waals surface area contributed by atoms with Crippen LogP contribution in [0.25, 0.3) is 11.4 Å². The zero-order valence-corrected chi connectivity index (χ0v) is 15.4. The monoisotopic (exact) mass is 461 g/mol. The topological polar surface area (TPSA) is 70.8 Å². The lowest BCUT2D eigenvalue weighted by atomic mass is 9.95. The lowest BCUT2D eigenvalue weighted by molar-refractivity contribution is 0.376. The number of benzene rings is 1. The average Bonchev–Trinajstić information content (AvgIpc) is 2.94. The van der Waals surface area contributed by atoms with Crippen molar-refractivity contribution in [3.05, 3.63) is 26.2 Å². The second-order valence-corrected chi connectivity index (χ2v) is 7.58. The fourth-order valence-corrected chi connectivity index (χ4v) is 3.40. The minimum Gasteiger partial charge on any atom is -0.338 e. The summed E-state index contributed by atoms with van der Waals surface area (Å²) in [5.41, 5.74) is 7.18. The molecule has 0 amide bonds. The molecule has 5 nitrogen and oxygen atoms in total. The van der Waals surface area contributed by atoms with E-state index in [2.05, 4.69) is 77.7 Å². The number of nitrogens with one attached hydrogen (secondary N) is 1. The highest BCUT2D eigenvalue weighted by molar-refractivity contribution is 14.1. The van der Waals surface area contributed by atoms with Crippen molar-refractivity contribution < 1.29 is 0 Å². The van der Waals surface area contributed by atoms with Crippen molar-refractivity contribution >= 4 is 44.5 Å². The largest absolute Gasteiger partial charge is 0.338 e. The molecule has 7 heteroatoms. The quantitative estimate of drug-likeness (QED) is 0.674. The third kappa shape index (κ3) is 3.24. The molecule has 3 N–H and O–H groups in total. The zero-order valence-electron chi connectivity index (χ0n) is 11.7. The number of aromatic nitrogens is 3. The maximum atomic E-state index is 6.15. The molecular formula is C14H17BrIN5. The molecule has 0 aliphatic carbocycles. The molecule has 1 saturated heterocycles. The minimum atomic E-state index is 0.185. The van der Waals surface area contributed by atoms with Crippen LogP contribution in [0, 0.1) is 9.49 Å². The summed E-state index contributed by atoms with van der Waals surface area (Å²) in [6.07, 6.45) is 1.08. The summed E-state index contributed by atoms with van der Waals surface area (Å²) >= 11 is 5.86. The number of halogens is 2. The fourth-order valence-electron chi connectivity index (χ4n) is 2.47. The van der Waals surface area contributed by atoms with Crippen molar-refractivity contribution in [2.45, 2.75) is 19.4 Å². The van der Waals surface area contributed by atoms with Gasteiger partial charge in [0.2, 0.25) is 5.95 Å². The second kappa shape index (κ2) is 6.21. The summed E-state index contributed by atoms with van der Waals surface area (Å²) in [4.78, 5) is 6.80. The van der Waals surface area contributed by atoms with Crippen molar-refractivity contribution in [1.29, 1.82) is 0 Å². The van der Waals surface area contributed by atoms with Crippen LogP contribution < -0.4 is 10.6 Å². The Morgan fingerprint density at radius 2 is 2.29 bits per heavy atom. The number of aromatic amines is 1. The van der Waals surface area contributed by atoms with E-state index in [0.717, 1.165) is 44.9 Å². The second-order valence-electron chi connectivity index (χ2n) is 5.48.